The van der Waals surface area contributed by atoms with E-state index in [4.69, 9.17) is 21.1 Å². The summed E-state index contributed by atoms with van der Waals surface area (Å²) in [5.74, 6) is -0.798. The maximum Gasteiger partial charge on any atom is 0.329 e. The Labute approximate surface area is 197 Å². The molecular weight excluding hydrogens is 442 g/mol. The summed E-state index contributed by atoms with van der Waals surface area (Å²) in [6.45, 7) is 2.25. The van der Waals surface area contributed by atoms with Crippen molar-refractivity contribution in [2.45, 2.75) is 20.0 Å². The molecule has 0 fully saturated rings. The van der Waals surface area contributed by atoms with Crippen LogP contribution in [0.15, 0.2) is 71.8 Å². The molecule has 0 saturated carbocycles. The van der Waals surface area contributed by atoms with E-state index in [2.05, 4.69) is 15.8 Å². The number of carbonyl (C=O) groups is 2. The van der Waals surface area contributed by atoms with Crippen LogP contribution in [0.25, 0.3) is 0 Å². The maximum absolute atomic E-state index is 12.1. The van der Waals surface area contributed by atoms with E-state index in [-0.39, 0.29) is 6.61 Å². The van der Waals surface area contributed by atoms with Gasteiger partial charge in [-0.05, 0) is 42.3 Å². The molecule has 0 spiro atoms. The molecule has 0 unspecified atom stereocenters. The summed E-state index contributed by atoms with van der Waals surface area (Å²) in [5.41, 5.74) is 5.24. The average molecular weight is 466 g/mol. The molecule has 3 aromatic carbocycles. The fourth-order valence-electron chi connectivity index (χ4n) is 2.94. The number of anilines is 1. The van der Waals surface area contributed by atoms with E-state index in [0.29, 0.717) is 27.8 Å². The highest BCUT2D eigenvalue weighted by atomic mass is 35.5. The Morgan fingerprint density at radius 1 is 1.00 bits per heavy atom. The second kappa shape index (κ2) is 11.7. The van der Waals surface area contributed by atoms with E-state index in [9.17, 15) is 9.59 Å². The van der Waals surface area contributed by atoms with Crippen LogP contribution in [0.2, 0.25) is 5.02 Å². The molecule has 0 heterocycles. The summed E-state index contributed by atoms with van der Waals surface area (Å²) in [4.78, 5) is 24.2. The Bertz CT molecular complexity index is 1150. The van der Waals surface area contributed by atoms with Crippen LogP contribution >= 0.6 is 11.6 Å². The first kappa shape index (κ1) is 23.8. The predicted molar refractivity (Wildman–Crippen MR) is 129 cm³/mol. The molecule has 2 amide bonds. The van der Waals surface area contributed by atoms with Crippen molar-refractivity contribution in [1.82, 2.24) is 5.43 Å². The van der Waals surface area contributed by atoms with Gasteiger partial charge >= 0.3 is 11.8 Å². The molecule has 3 rings (SSSR count). The lowest BCUT2D eigenvalue weighted by molar-refractivity contribution is -0.136. The van der Waals surface area contributed by atoms with Crippen molar-refractivity contribution < 1.29 is 19.1 Å². The van der Waals surface area contributed by atoms with Crippen LogP contribution in [0.3, 0.4) is 0 Å². The van der Waals surface area contributed by atoms with Gasteiger partial charge in [0.05, 0.1) is 13.3 Å². The quantitative estimate of drug-likeness (QED) is 0.289. The molecule has 0 aliphatic carbocycles. The van der Waals surface area contributed by atoms with Gasteiger partial charge in [-0.1, -0.05) is 54.9 Å². The molecule has 7 nitrogen and oxygen atoms in total. The van der Waals surface area contributed by atoms with Crippen LogP contribution in [0.4, 0.5) is 5.69 Å². The third kappa shape index (κ3) is 6.57. The lowest BCUT2D eigenvalue weighted by Crippen LogP contribution is -2.32. The van der Waals surface area contributed by atoms with E-state index in [1.54, 1.807) is 36.4 Å². The highest BCUT2D eigenvalue weighted by Gasteiger charge is 2.14. The number of halogens is 1. The number of ether oxygens (including phenoxy) is 2. The normalized spacial score (nSPS) is 10.6. The number of aryl methyl sites for hydroxylation is 1. The molecule has 2 N–H and O–H groups in total. The second-order valence-electron chi connectivity index (χ2n) is 6.96. The Hall–Kier alpha value is -3.84. The minimum absolute atomic E-state index is 0.215. The molecule has 0 aromatic heterocycles. The number of carbonyl (C=O) groups excluding carboxylic acids is 2. The number of benzene rings is 3. The Morgan fingerprint density at radius 3 is 2.45 bits per heavy atom. The first-order chi connectivity index (χ1) is 16.0. The topological polar surface area (TPSA) is 89.0 Å². The fourth-order valence-corrected chi connectivity index (χ4v) is 3.13. The number of methoxy groups -OCH3 is 1. The molecule has 170 valence electrons. The van der Waals surface area contributed by atoms with Crippen LogP contribution in [0, 0.1) is 0 Å². The first-order valence-corrected chi connectivity index (χ1v) is 10.7. The summed E-state index contributed by atoms with van der Waals surface area (Å²) in [6, 6.07) is 19.9. The molecule has 8 heteroatoms. The van der Waals surface area contributed by atoms with Gasteiger partial charge in [0.1, 0.15) is 6.61 Å². The van der Waals surface area contributed by atoms with E-state index in [0.717, 1.165) is 17.5 Å². The number of nitrogens with one attached hydrogen (secondary N) is 2. The monoisotopic (exact) mass is 465 g/mol. The molecule has 33 heavy (non-hydrogen) atoms. The molecule has 0 bridgehead atoms. The maximum atomic E-state index is 12.1. The molecule has 3 aromatic rings. The first-order valence-electron chi connectivity index (χ1n) is 10.3. The molecule has 0 atom stereocenters. The van der Waals surface area contributed by atoms with Gasteiger partial charge in [0.25, 0.3) is 0 Å². The van der Waals surface area contributed by atoms with Gasteiger partial charge in [0, 0.05) is 21.8 Å². The van der Waals surface area contributed by atoms with Crippen LogP contribution in [0.1, 0.15) is 23.6 Å². The van der Waals surface area contributed by atoms with Crippen molar-refractivity contribution in [3.05, 3.63) is 88.4 Å². The third-order valence-electron chi connectivity index (χ3n) is 4.76. The molecular formula is C25H24ClN3O4. The highest BCUT2D eigenvalue weighted by Crippen LogP contribution is 2.31. The van der Waals surface area contributed by atoms with Gasteiger partial charge in [0.2, 0.25) is 0 Å². The van der Waals surface area contributed by atoms with Gasteiger partial charge in [-0.25, -0.2) is 5.43 Å². The van der Waals surface area contributed by atoms with Crippen LogP contribution in [0.5, 0.6) is 11.5 Å². The number of hydrogen-bond acceptors (Lipinski definition) is 5. The van der Waals surface area contributed by atoms with Crippen LogP contribution in [-0.4, -0.2) is 25.1 Å². The van der Waals surface area contributed by atoms with E-state index < -0.39 is 11.8 Å². The van der Waals surface area contributed by atoms with Crippen molar-refractivity contribution in [1.29, 1.82) is 0 Å². The molecule has 0 aliphatic rings. The lowest BCUT2D eigenvalue weighted by Gasteiger charge is -2.13. The largest absolute Gasteiger partial charge is 0.493 e. The smallest absolute Gasteiger partial charge is 0.329 e. The molecule has 0 saturated heterocycles. The number of nitrogens with zero attached hydrogens (tertiary/aromatic N) is 1. The summed E-state index contributed by atoms with van der Waals surface area (Å²) < 4.78 is 11.3. The van der Waals surface area contributed by atoms with Crippen LogP contribution < -0.4 is 20.2 Å². The number of rotatable bonds is 8. The minimum Gasteiger partial charge on any atom is -0.493 e. The summed E-state index contributed by atoms with van der Waals surface area (Å²) in [6.07, 6.45) is 2.27. The van der Waals surface area contributed by atoms with Crippen molar-refractivity contribution in [3.8, 4) is 11.5 Å². The average Bonchev–Trinajstić information content (AvgIpc) is 2.84. The van der Waals surface area contributed by atoms with Crippen molar-refractivity contribution in [2.75, 3.05) is 12.4 Å². The second-order valence-corrected chi connectivity index (χ2v) is 7.37. The van der Waals surface area contributed by atoms with Crippen molar-refractivity contribution in [3.63, 3.8) is 0 Å². The Kier molecular flexibility index (Phi) is 8.43. The minimum atomic E-state index is -0.896. The SMILES string of the molecule is CCc1ccc(NC(=O)C(=O)N/N=C\c2cccc(OC)c2OCc2ccccc2Cl)cc1. The Balaban J connectivity index is 1.65. The highest BCUT2D eigenvalue weighted by molar-refractivity contribution is 6.39. The lowest BCUT2D eigenvalue weighted by atomic mass is 10.1. The van der Waals surface area contributed by atoms with Gasteiger partial charge in [0.15, 0.2) is 11.5 Å². The van der Waals surface area contributed by atoms with Gasteiger partial charge in [-0.2, -0.15) is 5.10 Å². The predicted octanol–water partition coefficient (Wildman–Crippen LogP) is 4.58. The van der Waals surface area contributed by atoms with Gasteiger partial charge < -0.3 is 14.8 Å². The molecule has 0 aliphatic heterocycles. The molecule has 0 radical (unpaired) electrons. The number of hydrazone groups is 1. The van der Waals surface area contributed by atoms with Crippen LogP contribution in [-0.2, 0) is 22.6 Å². The fraction of sp³-hybridized carbons (Fsp3) is 0.160. The zero-order chi connectivity index (χ0) is 23.6. The summed E-state index contributed by atoms with van der Waals surface area (Å²) >= 11 is 6.20. The standard InChI is InChI=1S/C25H24ClN3O4/c1-3-17-11-13-20(14-12-17)28-24(30)25(31)29-27-15-18-8-6-10-22(32-2)23(18)33-16-19-7-4-5-9-21(19)26/h4-15H,3,16H2,1-2H3,(H,28,30)(H,29,31)/b27-15-. The zero-order valence-corrected chi connectivity index (χ0v) is 19.1. The number of para-hydroxylation sites is 1. The van der Waals surface area contributed by atoms with Gasteiger partial charge in [-0.3, -0.25) is 9.59 Å². The van der Waals surface area contributed by atoms with Crippen molar-refractivity contribution in [2.24, 2.45) is 5.10 Å². The van der Waals surface area contributed by atoms with E-state index in [1.807, 2.05) is 37.3 Å². The summed E-state index contributed by atoms with van der Waals surface area (Å²) in [7, 11) is 1.53. The van der Waals surface area contributed by atoms with Crippen molar-refractivity contribution >= 4 is 35.3 Å². The third-order valence-corrected chi connectivity index (χ3v) is 5.12. The van der Waals surface area contributed by atoms with E-state index in [1.165, 1.54) is 13.3 Å². The number of hydrogen-bond donors (Lipinski definition) is 2. The number of amides is 2. The Morgan fingerprint density at radius 2 is 1.76 bits per heavy atom. The van der Waals surface area contributed by atoms with Gasteiger partial charge in [-0.15, -0.1) is 0 Å². The van der Waals surface area contributed by atoms with E-state index >= 15 is 0 Å². The summed E-state index contributed by atoms with van der Waals surface area (Å²) in [5, 5.41) is 7.01. The zero-order valence-electron chi connectivity index (χ0n) is 18.3.